The normalized spacial score (nSPS) is 17.9. The Labute approximate surface area is 223 Å². The molecule has 0 spiro atoms. The van der Waals surface area contributed by atoms with E-state index in [1.54, 1.807) is 10.7 Å². The molecule has 10 heteroatoms. The van der Waals surface area contributed by atoms with Crippen molar-refractivity contribution < 1.29 is 9.53 Å². The van der Waals surface area contributed by atoms with E-state index in [0.29, 0.717) is 37.3 Å². The molecule has 5 heterocycles. The molecule has 37 heavy (non-hydrogen) atoms. The minimum Gasteiger partial charge on any atom is -0.383 e. The van der Waals surface area contributed by atoms with Crippen molar-refractivity contribution in [2.45, 2.75) is 39.3 Å². The van der Waals surface area contributed by atoms with Crippen molar-refractivity contribution in [1.82, 2.24) is 29.8 Å². The van der Waals surface area contributed by atoms with Crippen molar-refractivity contribution in [2.24, 2.45) is 5.41 Å². The molecule has 192 valence electrons. The first kappa shape index (κ1) is 24.3. The lowest BCUT2D eigenvalue weighted by Gasteiger charge is -2.42. The van der Waals surface area contributed by atoms with Gasteiger partial charge in [-0.1, -0.05) is 11.6 Å². The van der Waals surface area contributed by atoms with Gasteiger partial charge in [-0.05, 0) is 60.8 Å². The summed E-state index contributed by atoms with van der Waals surface area (Å²) in [6, 6.07) is 8.65. The zero-order valence-electron chi connectivity index (χ0n) is 21.0. The summed E-state index contributed by atoms with van der Waals surface area (Å²) < 4.78 is 7.67. The van der Waals surface area contributed by atoms with Gasteiger partial charge < -0.3 is 20.7 Å². The van der Waals surface area contributed by atoms with Crippen LogP contribution < -0.4 is 11.1 Å². The maximum Gasteiger partial charge on any atom is 0.233 e. The van der Waals surface area contributed by atoms with Crippen molar-refractivity contribution in [3.8, 4) is 11.1 Å². The summed E-state index contributed by atoms with van der Waals surface area (Å²) in [4.78, 5) is 24.4. The molecule has 1 aromatic carbocycles. The van der Waals surface area contributed by atoms with Crippen molar-refractivity contribution >= 4 is 44.2 Å². The third-order valence-electron chi connectivity index (χ3n) is 7.54. The van der Waals surface area contributed by atoms with Crippen LogP contribution in [-0.2, 0) is 16.1 Å². The summed E-state index contributed by atoms with van der Waals surface area (Å²) in [6.45, 7) is 7.19. The molecule has 0 aliphatic carbocycles. The number of nitrogens with two attached hydrogens (primary N) is 1. The van der Waals surface area contributed by atoms with Gasteiger partial charge in [-0.3, -0.25) is 9.78 Å². The SMILES string of the molecule is Cc1ccc2ncc(-c3cnn4c(N)c(Br)c(CNC5CCN(C(=O)C6(C)COC6)CC5)nc34)cc2c1. The zero-order chi connectivity index (χ0) is 25.7. The topological polar surface area (TPSA) is 111 Å². The number of piperidine rings is 1. The highest BCUT2D eigenvalue weighted by Gasteiger charge is 2.44. The number of aryl methyl sites for hydroxylation is 1. The highest BCUT2D eigenvalue weighted by molar-refractivity contribution is 9.10. The number of carbonyl (C=O) groups is 1. The number of pyridine rings is 1. The number of likely N-dealkylation sites (tertiary alicyclic amines) is 1. The van der Waals surface area contributed by atoms with Crippen LogP contribution in [0.2, 0.25) is 0 Å². The smallest absolute Gasteiger partial charge is 0.233 e. The van der Waals surface area contributed by atoms with E-state index in [1.807, 2.05) is 24.1 Å². The van der Waals surface area contributed by atoms with E-state index in [4.69, 9.17) is 15.5 Å². The number of carbonyl (C=O) groups excluding carboxylic acids is 1. The van der Waals surface area contributed by atoms with Gasteiger partial charge in [-0.2, -0.15) is 9.61 Å². The van der Waals surface area contributed by atoms with Gasteiger partial charge in [0.2, 0.25) is 5.91 Å². The van der Waals surface area contributed by atoms with Crippen molar-refractivity contribution in [1.29, 1.82) is 0 Å². The number of nitrogen functional groups attached to an aromatic ring is 1. The monoisotopic (exact) mass is 563 g/mol. The van der Waals surface area contributed by atoms with Gasteiger partial charge >= 0.3 is 0 Å². The van der Waals surface area contributed by atoms with Crippen LogP contribution in [0.4, 0.5) is 5.82 Å². The third kappa shape index (κ3) is 4.36. The molecule has 9 nitrogen and oxygen atoms in total. The van der Waals surface area contributed by atoms with Crippen molar-refractivity contribution in [3.63, 3.8) is 0 Å². The summed E-state index contributed by atoms with van der Waals surface area (Å²) in [5.41, 5.74) is 11.6. The molecule has 0 bridgehead atoms. The van der Waals surface area contributed by atoms with Gasteiger partial charge in [0, 0.05) is 48.4 Å². The number of amides is 1. The zero-order valence-corrected chi connectivity index (χ0v) is 22.6. The fourth-order valence-corrected chi connectivity index (χ4v) is 5.60. The highest BCUT2D eigenvalue weighted by atomic mass is 79.9. The van der Waals surface area contributed by atoms with Crippen molar-refractivity contribution in [3.05, 3.63) is 52.4 Å². The minimum absolute atomic E-state index is 0.214. The maximum absolute atomic E-state index is 12.8. The Morgan fingerprint density at radius 3 is 2.76 bits per heavy atom. The number of hydrogen-bond acceptors (Lipinski definition) is 7. The molecule has 1 amide bonds. The number of anilines is 1. The van der Waals surface area contributed by atoms with Gasteiger partial charge in [-0.15, -0.1) is 0 Å². The summed E-state index contributed by atoms with van der Waals surface area (Å²) in [5.74, 6) is 0.723. The molecule has 0 saturated carbocycles. The van der Waals surface area contributed by atoms with Crippen LogP contribution in [0.15, 0.2) is 41.1 Å². The number of hydrogen-bond donors (Lipinski definition) is 2. The van der Waals surface area contributed by atoms with E-state index in [-0.39, 0.29) is 11.3 Å². The van der Waals surface area contributed by atoms with Crippen LogP contribution in [0.25, 0.3) is 27.7 Å². The average Bonchev–Trinajstić information content (AvgIpc) is 3.32. The van der Waals surface area contributed by atoms with Crippen LogP contribution in [0.3, 0.4) is 0 Å². The second-order valence-electron chi connectivity index (χ2n) is 10.5. The second kappa shape index (κ2) is 9.34. The molecular formula is C27H30BrN7O2. The van der Waals surface area contributed by atoms with E-state index in [1.165, 1.54) is 5.56 Å². The van der Waals surface area contributed by atoms with Crippen LogP contribution in [0.1, 0.15) is 31.0 Å². The lowest BCUT2D eigenvalue weighted by Crippen LogP contribution is -2.56. The van der Waals surface area contributed by atoms with E-state index >= 15 is 0 Å². The van der Waals surface area contributed by atoms with Crippen LogP contribution in [-0.4, -0.2) is 62.7 Å². The largest absolute Gasteiger partial charge is 0.383 e. The molecule has 3 N–H and O–H groups in total. The summed E-state index contributed by atoms with van der Waals surface area (Å²) in [6.07, 6.45) is 5.45. The standard InChI is InChI=1S/C27H30BrN7O2/c1-16-3-4-21-17(9-16)10-18(11-31-21)20-12-32-35-24(29)23(28)22(33-25(20)35)13-30-19-5-7-34(8-6-19)26(36)27(2)14-37-15-27/h3-4,9-12,19,30H,5-8,13-15,29H2,1-2H3. The predicted octanol–water partition coefficient (Wildman–Crippen LogP) is 3.71. The molecular weight excluding hydrogens is 534 g/mol. The van der Waals surface area contributed by atoms with Gasteiger partial charge in [-0.25, -0.2) is 4.98 Å². The number of halogens is 1. The number of nitrogens with zero attached hydrogens (tertiary/aromatic N) is 5. The molecule has 4 aromatic rings. The number of aromatic nitrogens is 4. The quantitative estimate of drug-likeness (QED) is 0.380. The number of nitrogens with one attached hydrogen (secondary N) is 1. The van der Waals surface area contributed by atoms with E-state index in [9.17, 15) is 4.79 Å². The number of fused-ring (bicyclic) bond motifs is 2. The van der Waals surface area contributed by atoms with Gasteiger partial charge in [0.05, 0.1) is 40.5 Å². The molecule has 3 aromatic heterocycles. The first-order chi connectivity index (χ1) is 17.8. The lowest BCUT2D eigenvalue weighted by atomic mass is 9.86. The predicted molar refractivity (Wildman–Crippen MR) is 146 cm³/mol. The highest BCUT2D eigenvalue weighted by Crippen LogP contribution is 2.32. The minimum atomic E-state index is -0.343. The van der Waals surface area contributed by atoms with Gasteiger partial charge in [0.25, 0.3) is 0 Å². The molecule has 2 saturated heterocycles. The third-order valence-corrected chi connectivity index (χ3v) is 8.40. The Hall–Kier alpha value is -3.08. The fraction of sp³-hybridized carbons (Fsp3) is 0.407. The Balaban J connectivity index is 1.20. The lowest BCUT2D eigenvalue weighted by molar-refractivity contribution is -0.169. The number of ether oxygens (including phenoxy) is 1. The molecule has 0 atom stereocenters. The Morgan fingerprint density at radius 2 is 2.03 bits per heavy atom. The van der Waals surface area contributed by atoms with E-state index in [0.717, 1.165) is 58.1 Å². The molecule has 0 radical (unpaired) electrons. The van der Waals surface area contributed by atoms with Gasteiger partial charge in [0.1, 0.15) is 5.82 Å². The number of benzene rings is 1. The summed E-state index contributed by atoms with van der Waals surface area (Å²) in [7, 11) is 0. The molecule has 2 aliphatic rings. The van der Waals surface area contributed by atoms with Crippen LogP contribution >= 0.6 is 15.9 Å². The van der Waals surface area contributed by atoms with Crippen LogP contribution in [0, 0.1) is 12.3 Å². The van der Waals surface area contributed by atoms with E-state index < -0.39 is 0 Å². The number of rotatable bonds is 5. The Kier molecular flexibility index (Phi) is 6.13. The first-order valence-electron chi connectivity index (χ1n) is 12.6. The molecule has 2 aliphatic heterocycles. The Bertz CT molecular complexity index is 1510. The van der Waals surface area contributed by atoms with Gasteiger partial charge in [0.15, 0.2) is 5.65 Å². The Morgan fingerprint density at radius 1 is 1.24 bits per heavy atom. The van der Waals surface area contributed by atoms with Crippen LogP contribution in [0.5, 0.6) is 0 Å². The van der Waals surface area contributed by atoms with Crippen molar-refractivity contribution in [2.75, 3.05) is 32.0 Å². The molecule has 0 unspecified atom stereocenters. The fourth-order valence-electron chi connectivity index (χ4n) is 5.20. The maximum atomic E-state index is 12.8. The summed E-state index contributed by atoms with van der Waals surface area (Å²) in [5, 5.41) is 9.21. The molecule has 2 fully saturated rings. The molecule has 6 rings (SSSR count). The first-order valence-corrected chi connectivity index (χ1v) is 13.4. The average molecular weight is 564 g/mol. The second-order valence-corrected chi connectivity index (χ2v) is 11.3. The summed E-state index contributed by atoms with van der Waals surface area (Å²) >= 11 is 3.63. The van der Waals surface area contributed by atoms with E-state index in [2.05, 4.69) is 56.5 Å².